The van der Waals surface area contributed by atoms with Crippen LogP contribution in [0.25, 0.3) is 0 Å². The fraction of sp³-hybridized carbons (Fsp3) is 0.154. The summed E-state index contributed by atoms with van der Waals surface area (Å²) in [5.41, 5.74) is 0.473. The van der Waals surface area contributed by atoms with Crippen LogP contribution < -0.4 is 5.32 Å². The summed E-state index contributed by atoms with van der Waals surface area (Å²) >= 11 is 1.38. The zero-order valence-corrected chi connectivity index (χ0v) is 11.2. The molecule has 2 aromatic rings. The van der Waals surface area contributed by atoms with E-state index < -0.39 is 10.9 Å². The van der Waals surface area contributed by atoms with Gasteiger partial charge >= 0.3 is 5.97 Å². The van der Waals surface area contributed by atoms with Crippen molar-refractivity contribution in [1.29, 1.82) is 0 Å². The Morgan fingerprint density at radius 3 is 2.65 bits per heavy atom. The number of nitro benzene ring substituents is 1. The van der Waals surface area contributed by atoms with Crippen molar-refractivity contribution in [2.24, 2.45) is 0 Å². The standard InChI is InChI=1S/C13H12N2O4S/c16-13(17)7-9-5-6-10(20-9)8-14-11-3-1-2-4-12(11)15(18)19/h1-6,14H,7-8H2,(H,16,17). The summed E-state index contributed by atoms with van der Waals surface area (Å²) < 4.78 is 0. The van der Waals surface area contributed by atoms with Crippen LogP contribution in [0.3, 0.4) is 0 Å². The lowest BCUT2D eigenvalue weighted by molar-refractivity contribution is -0.384. The number of rotatable bonds is 6. The summed E-state index contributed by atoms with van der Waals surface area (Å²) in [7, 11) is 0. The molecule has 0 spiro atoms. The predicted molar refractivity (Wildman–Crippen MR) is 76.1 cm³/mol. The van der Waals surface area contributed by atoms with E-state index in [0.29, 0.717) is 12.2 Å². The fourth-order valence-corrected chi connectivity index (χ4v) is 2.67. The lowest BCUT2D eigenvalue weighted by Gasteiger charge is -2.05. The SMILES string of the molecule is O=C(O)Cc1ccc(CNc2ccccc2[N+](=O)[O-])s1. The maximum absolute atomic E-state index is 10.9. The van der Waals surface area contributed by atoms with Gasteiger partial charge in [0.2, 0.25) is 0 Å². The molecule has 2 N–H and O–H groups in total. The van der Waals surface area contributed by atoms with Gasteiger partial charge in [-0.05, 0) is 18.2 Å². The van der Waals surface area contributed by atoms with Crippen LogP contribution in [0.2, 0.25) is 0 Å². The molecule has 0 amide bonds. The molecule has 0 atom stereocenters. The number of hydrogen-bond acceptors (Lipinski definition) is 5. The number of nitro groups is 1. The second-order valence-electron chi connectivity index (χ2n) is 4.07. The Balaban J connectivity index is 2.04. The van der Waals surface area contributed by atoms with E-state index in [1.165, 1.54) is 17.4 Å². The Bertz CT molecular complexity index is 639. The first-order valence-corrected chi connectivity index (χ1v) is 6.64. The van der Waals surface area contributed by atoms with Crippen LogP contribution in [0.1, 0.15) is 9.75 Å². The van der Waals surface area contributed by atoms with Crippen LogP contribution in [0.15, 0.2) is 36.4 Å². The number of aliphatic carboxylic acids is 1. The lowest BCUT2D eigenvalue weighted by atomic mass is 10.2. The molecule has 7 heteroatoms. The van der Waals surface area contributed by atoms with Gasteiger partial charge in [-0.1, -0.05) is 12.1 Å². The fourth-order valence-electron chi connectivity index (χ4n) is 1.73. The van der Waals surface area contributed by atoms with Crippen molar-refractivity contribution in [1.82, 2.24) is 0 Å². The molecule has 0 bridgehead atoms. The number of anilines is 1. The Labute approximate surface area is 118 Å². The third-order valence-electron chi connectivity index (χ3n) is 2.60. The summed E-state index contributed by atoms with van der Waals surface area (Å²) in [6, 6.07) is 10.00. The first-order valence-electron chi connectivity index (χ1n) is 5.83. The minimum Gasteiger partial charge on any atom is -0.481 e. The largest absolute Gasteiger partial charge is 0.481 e. The molecule has 1 aromatic carbocycles. The summed E-state index contributed by atoms with van der Waals surface area (Å²) in [6.45, 7) is 0.426. The maximum atomic E-state index is 10.9. The summed E-state index contributed by atoms with van der Waals surface area (Å²) in [5.74, 6) is -0.870. The quantitative estimate of drug-likeness (QED) is 0.631. The van der Waals surface area contributed by atoms with Crippen LogP contribution in [0.4, 0.5) is 11.4 Å². The molecule has 1 heterocycles. The second kappa shape index (κ2) is 6.16. The lowest BCUT2D eigenvalue weighted by Crippen LogP contribution is -2.01. The molecule has 2 rings (SSSR count). The number of benzene rings is 1. The van der Waals surface area contributed by atoms with E-state index in [-0.39, 0.29) is 12.1 Å². The highest BCUT2D eigenvalue weighted by Gasteiger charge is 2.12. The van der Waals surface area contributed by atoms with Gasteiger partial charge in [0.15, 0.2) is 0 Å². The Morgan fingerprint density at radius 2 is 1.95 bits per heavy atom. The highest BCUT2D eigenvalue weighted by molar-refractivity contribution is 7.12. The van der Waals surface area contributed by atoms with Crippen LogP contribution in [0, 0.1) is 10.1 Å². The predicted octanol–water partition coefficient (Wildman–Crippen LogP) is 2.90. The molecule has 0 aliphatic heterocycles. The van der Waals surface area contributed by atoms with Crippen molar-refractivity contribution >= 4 is 28.7 Å². The van der Waals surface area contributed by atoms with E-state index >= 15 is 0 Å². The van der Waals surface area contributed by atoms with E-state index in [2.05, 4.69) is 5.32 Å². The average molecular weight is 292 g/mol. The molecular formula is C13H12N2O4S. The number of nitrogens with one attached hydrogen (secondary N) is 1. The van der Waals surface area contributed by atoms with Crippen LogP contribution in [0.5, 0.6) is 0 Å². The van der Waals surface area contributed by atoms with E-state index in [1.54, 1.807) is 24.3 Å². The number of para-hydroxylation sites is 2. The molecule has 0 aliphatic rings. The van der Waals surface area contributed by atoms with Gasteiger partial charge in [-0.3, -0.25) is 14.9 Å². The Kier molecular flexibility index (Phi) is 4.31. The minimum absolute atomic E-state index is 0.00382. The molecule has 6 nitrogen and oxygen atoms in total. The van der Waals surface area contributed by atoms with E-state index in [1.807, 2.05) is 6.07 Å². The summed E-state index contributed by atoms with van der Waals surface area (Å²) in [5, 5.41) is 22.6. The van der Waals surface area contributed by atoms with Crippen LogP contribution in [-0.4, -0.2) is 16.0 Å². The monoisotopic (exact) mass is 292 g/mol. The zero-order chi connectivity index (χ0) is 14.5. The van der Waals surface area contributed by atoms with Gasteiger partial charge in [0.25, 0.3) is 5.69 Å². The van der Waals surface area contributed by atoms with Crippen molar-refractivity contribution in [2.45, 2.75) is 13.0 Å². The average Bonchev–Trinajstić information content (AvgIpc) is 2.83. The van der Waals surface area contributed by atoms with Crippen LogP contribution >= 0.6 is 11.3 Å². The van der Waals surface area contributed by atoms with E-state index in [4.69, 9.17) is 5.11 Å². The number of thiophene rings is 1. The highest BCUT2D eigenvalue weighted by Crippen LogP contribution is 2.25. The third kappa shape index (κ3) is 3.55. The Morgan fingerprint density at radius 1 is 1.25 bits per heavy atom. The van der Waals surface area contributed by atoms with Crippen molar-refractivity contribution < 1.29 is 14.8 Å². The third-order valence-corrected chi connectivity index (χ3v) is 3.68. The van der Waals surface area contributed by atoms with E-state index in [0.717, 1.165) is 9.75 Å². The second-order valence-corrected chi connectivity index (χ2v) is 5.32. The van der Waals surface area contributed by atoms with Crippen LogP contribution in [-0.2, 0) is 17.8 Å². The molecule has 0 saturated heterocycles. The molecule has 0 saturated carbocycles. The normalized spacial score (nSPS) is 10.2. The van der Waals surface area contributed by atoms with Gasteiger partial charge in [-0.15, -0.1) is 11.3 Å². The zero-order valence-electron chi connectivity index (χ0n) is 10.4. The number of hydrogen-bond donors (Lipinski definition) is 2. The van der Waals surface area contributed by atoms with Gasteiger partial charge in [0.1, 0.15) is 5.69 Å². The van der Waals surface area contributed by atoms with Crippen molar-refractivity contribution in [3.05, 3.63) is 56.3 Å². The van der Waals surface area contributed by atoms with Gasteiger partial charge in [-0.25, -0.2) is 0 Å². The summed E-state index contributed by atoms with van der Waals surface area (Å²) in [6.07, 6.45) is -0.00382. The van der Waals surface area contributed by atoms with E-state index in [9.17, 15) is 14.9 Å². The number of nitrogens with zero attached hydrogens (tertiary/aromatic N) is 1. The number of carboxylic acids is 1. The van der Waals surface area contributed by atoms with Gasteiger partial charge in [0, 0.05) is 22.4 Å². The molecule has 104 valence electrons. The topological polar surface area (TPSA) is 92.5 Å². The highest BCUT2D eigenvalue weighted by atomic mass is 32.1. The molecule has 0 aliphatic carbocycles. The first-order chi connectivity index (χ1) is 9.56. The molecule has 1 aromatic heterocycles. The van der Waals surface area contributed by atoms with Gasteiger partial charge in [0.05, 0.1) is 11.3 Å². The smallest absolute Gasteiger partial charge is 0.308 e. The first kappa shape index (κ1) is 14.0. The van der Waals surface area contributed by atoms with Gasteiger partial charge in [-0.2, -0.15) is 0 Å². The van der Waals surface area contributed by atoms with Crippen molar-refractivity contribution in [2.75, 3.05) is 5.32 Å². The molecule has 0 fully saturated rings. The molecule has 0 unspecified atom stereocenters. The molecule has 0 radical (unpaired) electrons. The number of carbonyl (C=O) groups is 1. The van der Waals surface area contributed by atoms with Crippen molar-refractivity contribution in [3.8, 4) is 0 Å². The molecule has 20 heavy (non-hydrogen) atoms. The minimum atomic E-state index is -0.870. The molecular weight excluding hydrogens is 280 g/mol. The maximum Gasteiger partial charge on any atom is 0.308 e. The summed E-state index contributed by atoms with van der Waals surface area (Å²) in [4.78, 5) is 22.7. The van der Waals surface area contributed by atoms with Crippen molar-refractivity contribution in [3.63, 3.8) is 0 Å². The number of carboxylic acid groups (broad SMARTS) is 1. The Hall–Kier alpha value is -2.41. The van der Waals surface area contributed by atoms with Gasteiger partial charge < -0.3 is 10.4 Å².